The van der Waals surface area contributed by atoms with Crippen LogP contribution in [0, 0.1) is 5.82 Å². The highest BCUT2D eigenvalue weighted by Crippen LogP contribution is 2.19. The molecule has 0 bridgehead atoms. The van der Waals surface area contributed by atoms with Gasteiger partial charge in [-0.25, -0.2) is 4.39 Å². The number of nitrogens with one attached hydrogen (secondary N) is 1. The number of thiophene rings is 1. The number of hydrogen-bond donors (Lipinski definition) is 1. The van der Waals surface area contributed by atoms with Crippen LogP contribution in [0.5, 0.6) is 0 Å². The van der Waals surface area contributed by atoms with Crippen molar-refractivity contribution >= 4 is 50.6 Å². The van der Waals surface area contributed by atoms with Gasteiger partial charge in [0.05, 0.1) is 17.0 Å². The predicted octanol–water partition coefficient (Wildman–Crippen LogP) is 3.79. The maximum atomic E-state index is 13.6. The van der Waals surface area contributed by atoms with Crippen molar-refractivity contribution in [2.45, 2.75) is 12.8 Å². The minimum atomic E-state index is -0.661. The molecule has 1 amide bonds. The van der Waals surface area contributed by atoms with Crippen LogP contribution in [0.15, 0.2) is 40.2 Å². The SMILES string of the molecule is O=C(COC(=O)CCC(=O)c1cccs1)Nc1ccc(Br)cc1F. The summed E-state index contributed by atoms with van der Waals surface area (Å²) < 4.78 is 18.9. The number of ketones is 1. The Hall–Kier alpha value is -2.06. The third-order valence-electron chi connectivity index (χ3n) is 2.92. The Kier molecular flexibility index (Phi) is 6.62. The van der Waals surface area contributed by atoms with Gasteiger partial charge in [-0.2, -0.15) is 0 Å². The minimum absolute atomic E-state index is 0.00729. The average Bonchev–Trinajstić information content (AvgIpc) is 3.08. The molecule has 0 saturated heterocycles. The monoisotopic (exact) mass is 413 g/mol. The van der Waals surface area contributed by atoms with Crippen molar-refractivity contribution in [3.05, 3.63) is 50.9 Å². The van der Waals surface area contributed by atoms with E-state index in [9.17, 15) is 18.8 Å². The second-order valence-electron chi connectivity index (χ2n) is 4.73. The molecule has 5 nitrogen and oxygen atoms in total. The first-order valence-corrected chi connectivity index (χ1v) is 8.60. The third-order valence-corrected chi connectivity index (χ3v) is 4.33. The summed E-state index contributed by atoms with van der Waals surface area (Å²) in [6.45, 7) is -0.540. The molecule has 0 aliphatic rings. The lowest BCUT2D eigenvalue weighted by atomic mass is 10.2. The molecule has 2 rings (SSSR count). The van der Waals surface area contributed by atoms with Crippen LogP contribution in [0.1, 0.15) is 22.5 Å². The minimum Gasteiger partial charge on any atom is -0.456 e. The number of rotatable bonds is 7. The summed E-state index contributed by atoms with van der Waals surface area (Å²) >= 11 is 4.41. The van der Waals surface area contributed by atoms with Gasteiger partial charge in [-0.1, -0.05) is 22.0 Å². The Morgan fingerprint density at radius 2 is 2.00 bits per heavy atom. The van der Waals surface area contributed by atoms with Gasteiger partial charge in [-0.15, -0.1) is 11.3 Å². The van der Waals surface area contributed by atoms with Crippen LogP contribution in [0.2, 0.25) is 0 Å². The molecular formula is C16H13BrFNO4S. The lowest BCUT2D eigenvalue weighted by molar-refractivity contribution is -0.147. The maximum absolute atomic E-state index is 13.6. The van der Waals surface area contributed by atoms with Crippen LogP contribution in [0.25, 0.3) is 0 Å². The van der Waals surface area contributed by atoms with Crippen LogP contribution >= 0.6 is 27.3 Å². The fraction of sp³-hybridized carbons (Fsp3) is 0.188. The quantitative estimate of drug-likeness (QED) is 0.553. The summed E-state index contributed by atoms with van der Waals surface area (Å²) in [5, 5.41) is 4.08. The molecule has 24 heavy (non-hydrogen) atoms. The molecule has 1 heterocycles. The van der Waals surface area contributed by atoms with Gasteiger partial charge in [0.15, 0.2) is 12.4 Å². The van der Waals surface area contributed by atoms with Gasteiger partial charge >= 0.3 is 5.97 Å². The summed E-state index contributed by atoms with van der Waals surface area (Å²) in [6.07, 6.45) is -0.0982. The standard InChI is InChI=1S/C16H13BrFNO4S/c17-10-3-4-12(11(18)8-10)19-15(21)9-23-16(22)6-5-13(20)14-2-1-7-24-14/h1-4,7-8H,5-6,9H2,(H,19,21). The number of carbonyl (C=O) groups is 3. The summed E-state index contributed by atoms with van der Waals surface area (Å²) in [5.74, 6) is -2.07. The van der Waals surface area contributed by atoms with E-state index < -0.39 is 24.3 Å². The van der Waals surface area contributed by atoms with Crippen LogP contribution in [0.3, 0.4) is 0 Å². The first-order chi connectivity index (χ1) is 11.5. The highest BCUT2D eigenvalue weighted by atomic mass is 79.9. The molecule has 8 heteroatoms. The number of Topliss-reactive ketones (excluding diaryl/α,β-unsaturated/α-hetero) is 1. The van der Waals surface area contributed by atoms with Crippen molar-refractivity contribution in [3.63, 3.8) is 0 Å². The number of hydrogen-bond acceptors (Lipinski definition) is 5. The second kappa shape index (κ2) is 8.70. The number of amides is 1. The molecule has 2 aromatic rings. The molecule has 0 radical (unpaired) electrons. The van der Waals surface area contributed by atoms with Crippen molar-refractivity contribution in [1.29, 1.82) is 0 Å². The predicted molar refractivity (Wildman–Crippen MR) is 91.6 cm³/mol. The van der Waals surface area contributed by atoms with Gasteiger partial charge in [-0.3, -0.25) is 14.4 Å². The Morgan fingerprint density at radius 3 is 2.67 bits per heavy atom. The maximum Gasteiger partial charge on any atom is 0.306 e. The van der Waals surface area contributed by atoms with Crippen LogP contribution in [-0.2, 0) is 14.3 Å². The van der Waals surface area contributed by atoms with Gasteiger partial charge in [0.25, 0.3) is 5.91 Å². The zero-order valence-electron chi connectivity index (χ0n) is 12.4. The van der Waals surface area contributed by atoms with Crippen molar-refractivity contribution in [1.82, 2.24) is 0 Å². The van der Waals surface area contributed by atoms with Crippen molar-refractivity contribution < 1.29 is 23.5 Å². The lowest BCUT2D eigenvalue weighted by Gasteiger charge is -2.07. The number of carbonyl (C=O) groups excluding carboxylic acids is 3. The van der Waals surface area contributed by atoms with E-state index in [-0.39, 0.29) is 24.3 Å². The first kappa shape index (κ1) is 18.3. The molecule has 0 saturated carbocycles. The van der Waals surface area contributed by atoms with E-state index in [2.05, 4.69) is 21.2 Å². The van der Waals surface area contributed by atoms with Gasteiger partial charge in [0, 0.05) is 10.9 Å². The van der Waals surface area contributed by atoms with Gasteiger partial charge < -0.3 is 10.1 Å². The largest absolute Gasteiger partial charge is 0.456 e. The molecule has 1 aromatic carbocycles. The van der Waals surface area contributed by atoms with E-state index in [0.29, 0.717) is 9.35 Å². The van der Waals surface area contributed by atoms with Crippen molar-refractivity contribution in [3.8, 4) is 0 Å². The van der Waals surface area contributed by atoms with Gasteiger partial charge in [0.2, 0.25) is 0 Å². The molecule has 0 atom stereocenters. The molecule has 0 spiro atoms. The van der Waals surface area contributed by atoms with Gasteiger partial charge in [0.1, 0.15) is 5.82 Å². The summed E-state index contributed by atoms with van der Waals surface area (Å²) in [6, 6.07) is 7.60. The fourth-order valence-electron chi connectivity index (χ4n) is 1.77. The molecule has 0 aliphatic carbocycles. The highest BCUT2D eigenvalue weighted by molar-refractivity contribution is 9.10. The topological polar surface area (TPSA) is 72.5 Å². The number of halogens is 2. The summed E-state index contributed by atoms with van der Waals surface area (Å²) in [5.41, 5.74) is -0.00729. The van der Waals surface area contributed by atoms with E-state index >= 15 is 0 Å². The molecule has 0 fully saturated rings. The van der Waals surface area contributed by atoms with Crippen LogP contribution in [0.4, 0.5) is 10.1 Å². The van der Waals surface area contributed by atoms with Crippen LogP contribution in [-0.4, -0.2) is 24.3 Å². The average molecular weight is 414 g/mol. The van der Waals surface area contributed by atoms with E-state index in [1.54, 1.807) is 23.6 Å². The Labute approximate surface area is 149 Å². The Bertz CT molecular complexity index is 749. The van der Waals surface area contributed by atoms with E-state index in [1.807, 2.05) is 0 Å². The van der Waals surface area contributed by atoms with Gasteiger partial charge in [-0.05, 0) is 29.6 Å². The van der Waals surface area contributed by atoms with Crippen LogP contribution < -0.4 is 5.32 Å². The smallest absolute Gasteiger partial charge is 0.306 e. The number of ether oxygens (including phenoxy) is 1. The van der Waals surface area contributed by atoms with E-state index in [4.69, 9.17) is 4.74 Å². The number of benzene rings is 1. The van der Waals surface area contributed by atoms with Crippen molar-refractivity contribution in [2.75, 3.05) is 11.9 Å². The van der Waals surface area contributed by atoms with E-state index in [1.165, 1.54) is 23.5 Å². The van der Waals surface area contributed by atoms with Crippen molar-refractivity contribution in [2.24, 2.45) is 0 Å². The third kappa shape index (κ3) is 5.54. The number of esters is 1. The Morgan fingerprint density at radius 1 is 1.21 bits per heavy atom. The summed E-state index contributed by atoms with van der Waals surface area (Å²) in [4.78, 5) is 35.5. The first-order valence-electron chi connectivity index (χ1n) is 6.93. The normalized spacial score (nSPS) is 10.2. The lowest BCUT2D eigenvalue weighted by Crippen LogP contribution is -2.21. The second-order valence-corrected chi connectivity index (χ2v) is 6.60. The zero-order valence-corrected chi connectivity index (χ0v) is 14.8. The molecule has 1 aromatic heterocycles. The number of anilines is 1. The molecule has 126 valence electrons. The Balaban J connectivity index is 1.73. The van der Waals surface area contributed by atoms with E-state index in [0.717, 1.165) is 0 Å². The zero-order chi connectivity index (χ0) is 17.5. The highest BCUT2D eigenvalue weighted by Gasteiger charge is 2.13. The fourth-order valence-corrected chi connectivity index (χ4v) is 2.80. The molecule has 1 N–H and O–H groups in total. The summed E-state index contributed by atoms with van der Waals surface area (Å²) in [7, 11) is 0. The molecule has 0 aliphatic heterocycles. The molecule has 0 unspecified atom stereocenters. The molecular weight excluding hydrogens is 401 g/mol.